The summed E-state index contributed by atoms with van der Waals surface area (Å²) < 4.78 is 18.4. The van der Waals surface area contributed by atoms with Crippen molar-refractivity contribution in [3.05, 3.63) is 71.5 Å². The van der Waals surface area contributed by atoms with Crippen molar-refractivity contribution < 1.29 is 18.4 Å². The molecule has 8 heteroatoms. The maximum Gasteiger partial charge on any atom is 0.265 e. The van der Waals surface area contributed by atoms with Gasteiger partial charge in [0.15, 0.2) is 5.82 Å². The monoisotopic (exact) mass is 349 g/mol. The van der Waals surface area contributed by atoms with Gasteiger partial charge in [-0.15, -0.1) is 12.4 Å². The lowest BCUT2D eigenvalue weighted by atomic mass is 10.1. The van der Waals surface area contributed by atoms with E-state index in [1.807, 2.05) is 0 Å². The highest BCUT2D eigenvalue weighted by atomic mass is 35.5. The minimum absolute atomic E-state index is 0. The van der Waals surface area contributed by atoms with Gasteiger partial charge in [0, 0.05) is 6.42 Å². The molecule has 0 spiro atoms. The molecule has 0 atom stereocenters. The maximum absolute atomic E-state index is 12.9. The molecule has 0 saturated heterocycles. The Morgan fingerprint density at radius 1 is 1.08 bits per heavy atom. The van der Waals surface area contributed by atoms with E-state index in [4.69, 9.17) is 4.42 Å². The average molecular weight is 350 g/mol. The van der Waals surface area contributed by atoms with Crippen LogP contribution in [-0.4, -0.2) is 26.7 Å². The number of carbonyl (C=O) groups is 2. The fourth-order valence-electron chi connectivity index (χ4n) is 2.10. The quantitative estimate of drug-likeness (QED) is 0.545. The van der Waals surface area contributed by atoms with Crippen molar-refractivity contribution in [1.29, 1.82) is 0 Å². The predicted molar refractivity (Wildman–Crippen MR) is 84.6 cm³/mol. The number of Topliss-reactive ketones (excluding diaryl/α,β-unsaturated/α-hetero) is 2. The minimum atomic E-state index is -0.737. The number of hydrogen-bond donors (Lipinski definition) is 1. The first-order chi connectivity index (χ1) is 11.1. The Morgan fingerprint density at radius 3 is 2.46 bits per heavy atom. The van der Waals surface area contributed by atoms with Gasteiger partial charge < -0.3 is 4.42 Å². The zero-order chi connectivity index (χ0) is 16.2. The highest BCUT2D eigenvalue weighted by molar-refractivity contribution is 6.42. The molecule has 0 aliphatic heterocycles. The van der Waals surface area contributed by atoms with Crippen molar-refractivity contribution in [3.63, 3.8) is 0 Å². The number of hydrogen-bond acceptors (Lipinski definition) is 5. The molecule has 0 unspecified atom stereocenters. The second kappa shape index (κ2) is 7.65. The zero-order valence-electron chi connectivity index (χ0n) is 12.4. The molecule has 0 amide bonds. The molecule has 0 aliphatic rings. The van der Waals surface area contributed by atoms with Gasteiger partial charge in [-0.1, -0.05) is 12.1 Å². The van der Waals surface area contributed by atoms with Crippen molar-refractivity contribution in [2.45, 2.75) is 12.8 Å². The Hall–Kier alpha value is -2.80. The summed E-state index contributed by atoms with van der Waals surface area (Å²) in [6.07, 6.45) is 1.49. The predicted octanol–water partition coefficient (Wildman–Crippen LogP) is 2.54. The summed E-state index contributed by atoms with van der Waals surface area (Å²) in [6, 6.07) is 9.44. The smallest absolute Gasteiger partial charge is 0.265 e. The van der Waals surface area contributed by atoms with E-state index in [0.29, 0.717) is 17.9 Å². The number of nitrogens with one attached hydrogen (secondary N) is 1. The van der Waals surface area contributed by atoms with E-state index in [2.05, 4.69) is 15.2 Å². The third-order valence-electron chi connectivity index (χ3n) is 3.23. The van der Waals surface area contributed by atoms with Crippen LogP contribution >= 0.6 is 12.4 Å². The van der Waals surface area contributed by atoms with E-state index in [1.54, 1.807) is 24.3 Å². The fourth-order valence-corrected chi connectivity index (χ4v) is 2.10. The molecule has 0 radical (unpaired) electrons. The van der Waals surface area contributed by atoms with Crippen LogP contribution in [0.15, 0.2) is 47.1 Å². The van der Waals surface area contributed by atoms with Crippen LogP contribution in [0.3, 0.4) is 0 Å². The number of H-pyrrole nitrogens is 1. The first-order valence-corrected chi connectivity index (χ1v) is 6.87. The van der Waals surface area contributed by atoms with Crippen LogP contribution in [0.1, 0.15) is 27.7 Å². The molecule has 3 aromatic rings. The molecule has 2 aromatic heterocycles. The van der Waals surface area contributed by atoms with Gasteiger partial charge in [0.2, 0.25) is 5.78 Å². The molecule has 0 saturated carbocycles. The Balaban J connectivity index is 0.00000208. The summed E-state index contributed by atoms with van der Waals surface area (Å²) in [5.41, 5.74) is 0.886. The largest absolute Gasteiger partial charge is 0.465 e. The standard InChI is InChI=1S/C16H12FN3O3.ClH/c17-11-3-1-10(2-4-11)7-12-5-6-13(23-12)8-14(21)15(22)16-18-9-19-20-16;/h1-6,9H,7-8H2,(H,18,19,20);1H. The summed E-state index contributed by atoms with van der Waals surface area (Å²) >= 11 is 0. The summed E-state index contributed by atoms with van der Waals surface area (Å²) in [5.74, 6) is -0.742. The normalized spacial score (nSPS) is 10.2. The average Bonchev–Trinajstić information content (AvgIpc) is 3.21. The summed E-state index contributed by atoms with van der Waals surface area (Å²) in [7, 11) is 0. The number of nitrogens with zero attached hydrogens (tertiary/aromatic N) is 2. The van der Waals surface area contributed by atoms with E-state index in [-0.39, 0.29) is 30.5 Å². The number of benzene rings is 1. The summed E-state index contributed by atoms with van der Waals surface area (Å²) in [6.45, 7) is 0. The molecule has 3 rings (SSSR count). The van der Waals surface area contributed by atoms with E-state index in [9.17, 15) is 14.0 Å². The van der Waals surface area contributed by atoms with Gasteiger partial charge in [-0.3, -0.25) is 14.7 Å². The number of aromatic amines is 1. The lowest BCUT2D eigenvalue weighted by Crippen LogP contribution is -2.17. The SMILES string of the molecule is Cl.O=C(Cc1ccc(Cc2ccc(F)cc2)o1)C(=O)c1ncn[nH]1. The fraction of sp³-hybridized carbons (Fsp3) is 0.125. The topological polar surface area (TPSA) is 88.8 Å². The van der Waals surface area contributed by atoms with E-state index in [1.165, 1.54) is 12.1 Å². The molecule has 2 heterocycles. The van der Waals surface area contributed by atoms with Crippen molar-refractivity contribution >= 4 is 24.0 Å². The number of aromatic nitrogens is 3. The number of rotatable bonds is 6. The van der Waals surface area contributed by atoms with Gasteiger partial charge >= 0.3 is 0 Å². The van der Waals surface area contributed by atoms with E-state index in [0.717, 1.165) is 11.9 Å². The summed E-state index contributed by atoms with van der Waals surface area (Å²) in [4.78, 5) is 27.3. The molecule has 0 aliphatic carbocycles. The van der Waals surface area contributed by atoms with Crippen LogP contribution in [-0.2, 0) is 17.6 Å². The van der Waals surface area contributed by atoms with Crippen molar-refractivity contribution in [2.24, 2.45) is 0 Å². The van der Waals surface area contributed by atoms with Gasteiger partial charge in [-0.2, -0.15) is 5.10 Å². The molecule has 0 bridgehead atoms. The molecule has 6 nitrogen and oxygen atoms in total. The molecule has 124 valence electrons. The van der Waals surface area contributed by atoms with Crippen LogP contribution in [0.5, 0.6) is 0 Å². The van der Waals surface area contributed by atoms with Crippen molar-refractivity contribution in [1.82, 2.24) is 15.2 Å². The molecule has 1 aromatic carbocycles. The first kappa shape index (κ1) is 17.6. The maximum atomic E-state index is 12.9. The Kier molecular flexibility index (Phi) is 5.59. The highest BCUT2D eigenvalue weighted by Gasteiger charge is 2.20. The Bertz CT molecular complexity index is 829. The van der Waals surface area contributed by atoms with Gasteiger partial charge in [-0.05, 0) is 29.8 Å². The zero-order valence-corrected chi connectivity index (χ0v) is 13.2. The Morgan fingerprint density at radius 2 is 1.79 bits per heavy atom. The molecule has 1 N–H and O–H groups in total. The minimum Gasteiger partial charge on any atom is -0.465 e. The van der Waals surface area contributed by atoms with E-state index >= 15 is 0 Å². The Labute approximate surface area is 142 Å². The third-order valence-corrected chi connectivity index (χ3v) is 3.23. The first-order valence-electron chi connectivity index (χ1n) is 6.87. The molecular weight excluding hydrogens is 337 g/mol. The van der Waals surface area contributed by atoms with E-state index < -0.39 is 11.6 Å². The van der Waals surface area contributed by atoms with Gasteiger partial charge in [-0.25, -0.2) is 9.37 Å². The second-order valence-corrected chi connectivity index (χ2v) is 4.93. The molecule has 0 fully saturated rings. The van der Waals surface area contributed by atoms with Crippen LogP contribution in [0.2, 0.25) is 0 Å². The third kappa shape index (κ3) is 4.14. The number of halogens is 2. The van der Waals surface area contributed by atoms with Crippen LogP contribution in [0.25, 0.3) is 0 Å². The van der Waals surface area contributed by atoms with Crippen LogP contribution < -0.4 is 0 Å². The lowest BCUT2D eigenvalue weighted by molar-refractivity contribution is -0.114. The highest BCUT2D eigenvalue weighted by Crippen LogP contribution is 2.15. The second-order valence-electron chi connectivity index (χ2n) is 4.93. The van der Waals surface area contributed by atoms with Crippen molar-refractivity contribution in [2.75, 3.05) is 0 Å². The summed E-state index contributed by atoms with van der Waals surface area (Å²) in [5, 5.41) is 5.88. The van der Waals surface area contributed by atoms with Crippen molar-refractivity contribution in [3.8, 4) is 0 Å². The number of furan rings is 1. The van der Waals surface area contributed by atoms with Crippen LogP contribution in [0, 0.1) is 5.82 Å². The molecule has 24 heavy (non-hydrogen) atoms. The number of carbonyl (C=O) groups excluding carboxylic acids is 2. The van der Waals surface area contributed by atoms with Gasteiger partial charge in [0.25, 0.3) is 5.78 Å². The lowest BCUT2D eigenvalue weighted by Gasteiger charge is -1.99. The molecular formula is C16H13ClFN3O3. The van der Waals surface area contributed by atoms with Gasteiger partial charge in [0.05, 0.1) is 6.42 Å². The number of ketones is 2. The van der Waals surface area contributed by atoms with Gasteiger partial charge in [0.1, 0.15) is 23.7 Å². The van der Waals surface area contributed by atoms with Crippen LogP contribution in [0.4, 0.5) is 4.39 Å².